The van der Waals surface area contributed by atoms with Crippen LogP contribution in [0, 0.1) is 0 Å². The van der Waals surface area contributed by atoms with Gasteiger partial charge in [-0.1, -0.05) is 48.5 Å². The summed E-state index contributed by atoms with van der Waals surface area (Å²) in [6.45, 7) is 6.11. The Morgan fingerprint density at radius 2 is 2.04 bits per heavy atom. The number of hydrogen-bond acceptors (Lipinski definition) is 4. The Labute approximate surface area is 159 Å². The van der Waals surface area contributed by atoms with Crippen molar-refractivity contribution in [2.45, 2.75) is 43.8 Å². The predicted molar refractivity (Wildman–Crippen MR) is 104 cm³/mol. The van der Waals surface area contributed by atoms with Crippen LogP contribution >= 0.6 is 27.7 Å². The molecule has 7 heteroatoms. The molecule has 1 unspecified atom stereocenters. The van der Waals surface area contributed by atoms with Gasteiger partial charge in [0.15, 0.2) is 5.16 Å². The van der Waals surface area contributed by atoms with Crippen LogP contribution in [0.25, 0.3) is 0 Å². The summed E-state index contributed by atoms with van der Waals surface area (Å²) in [5.41, 5.74) is 1.28. The largest absolute Gasteiger partial charge is 0.326 e. The maximum absolute atomic E-state index is 12.5. The van der Waals surface area contributed by atoms with Gasteiger partial charge < -0.3 is 5.32 Å². The molecule has 0 radical (unpaired) electrons. The number of carbonyl (C=O) groups is 1. The number of amides is 1. The van der Waals surface area contributed by atoms with E-state index < -0.39 is 0 Å². The highest BCUT2D eigenvalue weighted by atomic mass is 79.9. The Morgan fingerprint density at radius 3 is 2.68 bits per heavy atom. The van der Waals surface area contributed by atoms with Crippen LogP contribution in [-0.4, -0.2) is 21.2 Å². The molecule has 132 valence electrons. The number of nitrogens with one attached hydrogen (secondary N) is 1. The smallest absolute Gasteiger partial charge is 0.254 e. The summed E-state index contributed by atoms with van der Waals surface area (Å²) in [6, 6.07) is 8.85. The Bertz CT molecular complexity index is 856. The summed E-state index contributed by atoms with van der Waals surface area (Å²) in [4.78, 5) is 29.5. The van der Waals surface area contributed by atoms with Crippen LogP contribution in [0.4, 0.5) is 5.69 Å². The van der Waals surface area contributed by atoms with Gasteiger partial charge in [0.25, 0.3) is 5.56 Å². The average molecular weight is 422 g/mol. The lowest BCUT2D eigenvalue weighted by molar-refractivity contribution is -0.116. The van der Waals surface area contributed by atoms with Crippen LogP contribution in [0.2, 0.25) is 0 Å². The van der Waals surface area contributed by atoms with E-state index in [1.807, 2.05) is 45.0 Å². The van der Waals surface area contributed by atoms with Crippen LogP contribution in [0.5, 0.6) is 0 Å². The van der Waals surface area contributed by atoms with Crippen molar-refractivity contribution in [2.24, 2.45) is 0 Å². The van der Waals surface area contributed by atoms with Crippen molar-refractivity contribution in [3.8, 4) is 0 Å². The first-order valence-electron chi connectivity index (χ1n) is 8.06. The number of carbonyl (C=O) groups excluding carboxylic acids is 1. The van der Waals surface area contributed by atoms with Gasteiger partial charge in [-0.15, -0.1) is 0 Å². The lowest BCUT2D eigenvalue weighted by atomic mass is 9.92. The van der Waals surface area contributed by atoms with E-state index in [0.29, 0.717) is 10.9 Å². The zero-order valence-electron chi connectivity index (χ0n) is 14.4. The SMILES string of the molecule is CC(C)(C)c1cc(=O)n2c(n1)SCC2CC(=O)Nc1ccc(Br)cc1. The summed E-state index contributed by atoms with van der Waals surface area (Å²) in [5, 5.41) is 3.58. The second kappa shape index (κ2) is 6.96. The molecule has 0 saturated carbocycles. The Balaban J connectivity index is 1.75. The maximum atomic E-state index is 12.5. The molecule has 0 saturated heterocycles. The Morgan fingerprint density at radius 1 is 1.36 bits per heavy atom. The number of thioether (sulfide) groups is 1. The van der Waals surface area contributed by atoms with Gasteiger partial charge in [-0.3, -0.25) is 14.2 Å². The molecule has 1 aromatic heterocycles. The molecule has 1 aliphatic heterocycles. The van der Waals surface area contributed by atoms with Crippen molar-refractivity contribution in [1.29, 1.82) is 0 Å². The number of hydrogen-bond donors (Lipinski definition) is 1. The van der Waals surface area contributed by atoms with Crippen LogP contribution in [0.1, 0.15) is 38.9 Å². The fourth-order valence-electron chi connectivity index (χ4n) is 2.65. The molecule has 2 aromatic rings. The third kappa shape index (κ3) is 4.15. The van der Waals surface area contributed by atoms with Crippen molar-refractivity contribution < 1.29 is 4.79 Å². The number of benzene rings is 1. The summed E-state index contributed by atoms with van der Waals surface area (Å²) >= 11 is 4.90. The zero-order valence-corrected chi connectivity index (χ0v) is 16.8. The van der Waals surface area contributed by atoms with Gasteiger partial charge in [0.2, 0.25) is 5.91 Å². The third-order valence-corrected chi connectivity index (χ3v) is 5.63. The van der Waals surface area contributed by atoms with E-state index in [2.05, 4.69) is 26.2 Å². The van der Waals surface area contributed by atoms with E-state index >= 15 is 0 Å². The number of fused-ring (bicyclic) bond motifs is 1. The molecule has 0 aliphatic carbocycles. The monoisotopic (exact) mass is 421 g/mol. The summed E-state index contributed by atoms with van der Waals surface area (Å²) in [6.07, 6.45) is 0.256. The molecule has 1 aliphatic rings. The first-order chi connectivity index (χ1) is 11.7. The van der Waals surface area contributed by atoms with E-state index in [0.717, 1.165) is 15.9 Å². The molecule has 1 aromatic carbocycles. The predicted octanol–water partition coefficient (Wildman–Crippen LogP) is 3.98. The van der Waals surface area contributed by atoms with E-state index in [1.165, 1.54) is 11.8 Å². The number of aromatic nitrogens is 2. The summed E-state index contributed by atoms with van der Waals surface area (Å²) in [5.74, 6) is 0.580. The molecule has 2 heterocycles. The molecule has 0 spiro atoms. The first kappa shape index (κ1) is 18.2. The van der Waals surface area contributed by atoms with Gasteiger partial charge >= 0.3 is 0 Å². The minimum Gasteiger partial charge on any atom is -0.326 e. The fourth-order valence-corrected chi connectivity index (χ4v) is 4.06. The first-order valence-corrected chi connectivity index (χ1v) is 9.84. The minimum atomic E-state index is -0.174. The van der Waals surface area contributed by atoms with Crippen LogP contribution in [-0.2, 0) is 10.2 Å². The maximum Gasteiger partial charge on any atom is 0.254 e. The second-order valence-electron chi connectivity index (χ2n) is 7.11. The van der Waals surface area contributed by atoms with Crippen LogP contribution in [0.15, 0.2) is 44.8 Å². The lowest BCUT2D eigenvalue weighted by Crippen LogP contribution is -2.29. The van der Waals surface area contributed by atoms with Gasteiger partial charge in [-0.05, 0) is 24.3 Å². The lowest BCUT2D eigenvalue weighted by Gasteiger charge is -2.19. The van der Waals surface area contributed by atoms with Gasteiger partial charge in [-0.25, -0.2) is 4.98 Å². The zero-order chi connectivity index (χ0) is 18.2. The highest BCUT2D eigenvalue weighted by Crippen LogP contribution is 2.33. The van der Waals surface area contributed by atoms with E-state index in [1.54, 1.807) is 10.6 Å². The van der Waals surface area contributed by atoms with E-state index in [9.17, 15) is 9.59 Å². The molecule has 25 heavy (non-hydrogen) atoms. The normalized spacial score (nSPS) is 16.6. The fraction of sp³-hybridized carbons (Fsp3) is 0.389. The molecular formula is C18H20BrN3O2S. The standard InChI is InChI=1S/C18H20BrN3O2S/c1-18(2,3)14-9-16(24)22-13(10-25-17(22)21-14)8-15(23)20-12-6-4-11(19)5-7-12/h4-7,9,13H,8,10H2,1-3H3,(H,20,23). The summed E-state index contributed by atoms with van der Waals surface area (Å²) < 4.78 is 2.61. The second-order valence-corrected chi connectivity index (χ2v) is 9.01. The van der Waals surface area contributed by atoms with E-state index in [4.69, 9.17) is 0 Å². The van der Waals surface area contributed by atoms with E-state index in [-0.39, 0.29) is 29.3 Å². The van der Waals surface area contributed by atoms with Crippen LogP contribution in [0.3, 0.4) is 0 Å². The number of halogens is 1. The third-order valence-electron chi connectivity index (χ3n) is 4.01. The highest BCUT2D eigenvalue weighted by molar-refractivity contribution is 9.10. The van der Waals surface area contributed by atoms with Gasteiger partial charge in [0, 0.05) is 33.8 Å². The average Bonchev–Trinajstić information content (AvgIpc) is 2.92. The van der Waals surface area contributed by atoms with Gasteiger partial charge in [-0.2, -0.15) is 0 Å². The molecule has 1 amide bonds. The minimum absolute atomic E-state index is 0.0821. The Hall–Kier alpha value is -1.60. The Kier molecular flexibility index (Phi) is 5.06. The topological polar surface area (TPSA) is 64.0 Å². The number of nitrogens with zero attached hydrogens (tertiary/aromatic N) is 2. The van der Waals surface area contributed by atoms with Crippen molar-refractivity contribution in [3.05, 3.63) is 50.9 Å². The highest BCUT2D eigenvalue weighted by Gasteiger charge is 2.29. The molecular weight excluding hydrogens is 402 g/mol. The molecule has 1 N–H and O–H groups in total. The molecule has 1 atom stereocenters. The summed E-state index contributed by atoms with van der Waals surface area (Å²) in [7, 11) is 0. The molecule has 5 nitrogen and oxygen atoms in total. The number of anilines is 1. The van der Waals surface area contributed by atoms with Gasteiger partial charge in [0.05, 0.1) is 11.7 Å². The van der Waals surface area contributed by atoms with Crippen molar-refractivity contribution >= 4 is 39.3 Å². The molecule has 0 fully saturated rings. The molecule has 3 rings (SSSR count). The van der Waals surface area contributed by atoms with Crippen molar-refractivity contribution in [3.63, 3.8) is 0 Å². The van der Waals surface area contributed by atoms with Crippen molar-refractivity contribution in [1.82, 2.24) is 9.55 Å². The van der Waals surface area contributed by atoms with Crippen LogP contribution < -0.4 is 10.9 Å². The quantitative estimate of drug-likeness (QED) is 0.761. The molecule has 0 bridgehead atoms. The van der Waals surface area contributed by atoms with Gasteiger partial charge in [0.1, 0.15) is 0 Å². The van der Waals surface area contributed by atoms with Crippen molar-refractivity contribution in [2.75, 3.05) is 11.1 Å². The number of rotatable bonds is 3.